The number of hydrogen-bond acceptors (Lipinski definition) is 6. The summed E-state index contributed by atoms with van der Waals surface area (Å²) < 4.78 is 32.1. The van der Waals surface area contributed by atoms with Crippen LogP contribution >= 0.6 is 0 Å². The van der Waals surface area contributed by atoms with E-state index in [0.717, 1.165) is 35.2 Å². The molecule has 8 heteroatoms. The van der Waals surface area contributed by atoms with Crippen molar-refractivity contribution in [3.8, 4) is 16.9 Å². The van der Waals surface area contributed by atoms with Gasteiger partial charge in [-0.1, -0.05) is 67.6 Å². The number of benzene rings is 3. The molecule has 0 heterocycles. The van der Waals surface area contributed by atoms with Crippen molar-refractivity contribution in [2.75, 3.05) is 18.8 Å². The van der Waals surface area contributed by atoms with Gasteiger partial charge in [0.15, 0.2) is 0 Å². The molecule has 3 aromatic rings. The van der Waals surface area contributed by atoms with Crippen molar-refractivity contribution in [1.82, 2.24) is 10.0 Å². The highest BCUT2D eigenvalue weighted by Crippen LogP contribution is 2.29. The van der Waals surface area contributed by atoms with Crippen LogP contribution in [0.25, 0.3) is 11.1 Å². The van der Waals surface area contributed by atoms with Gasteiger partial charge in [-0.15, -0.1) is 0 Å². The third-order valence-corrected chi connectivity index (χ3v) is 7.15. The first-order valence-electron chi connectivity index (χ1n) is 12.6. The van der Waals surface area contributed by atoms with Gasteiger partial charge in [0.05, 0.1) is 23.5 Å². The van der Waals surface area contributed by atoms with E-state index in [2.05, 4.69) is 10.0 Å². The van der Waals surface area contributed by atoms with Crippen molar-refractivity contribution in [3.63, 3.8) is 0 Å². The van der Waals surface area contributed by atoms with Gasteiger partial charge in [-0.25, -0.2) is 13.1 Å². The number of ether oxygens (including phenoxy) is 1. The van der Waals surface area contributed by atoms with Gasteiger partial charge < -0.3 is 15.2 Å². The molecule has 1 atom stereocenters. The molecule has 37 heavy (non-hydrogen) atoms. The van der Waals surface area contributed by atoms with Crippen molar-refractivity contribution in [2.24, 2.45) is 0 Å². The highest BCUT2D eigenvalue weighted by Gasteiger charge is 2.20. The quantitative estimate of drug-likeness (QED) is 0.285. The molecule has 3 rings (SSSR count). The second-order valence-electron chi connectivity index (χ2n) is 9.21. The molecule has 1 amide bonds. The summed E-state index contributed by atoms with van der Waals surface area (Å²) in [6.45, 7) is 6.67. The molecule has 198 valence electrons. The third-order valence-electron chi connectivity index (χ3n) is 5.71. The van der Waals surface area contributed by atoms with Crippen LogP contribution in [-0.2, 0) is 16.4 Å². The Hall–Kier alpha value is -3.20. The molecule has 7 nitrogen and oxygen atoms in total. The Morgan fingerprint density at radius 1 is 0.973 bits per heavy atom. The molecule has 0 fully saturated rings. The first-order chi connectivity index (χ1) is 17.7. The van der Waals surface area contributed by atoms with Crippen LogP contribution in [0.15, 0.2) is 72.8 Å². The van der Waals surface area contributed by atoms with Gasteiger partial charge in [0.1, 0.15) is 5.75 Å². The van der Waals surface area contributed by atoms with E-state index >= 15 is 0 Å². The Morgan fingerprint density at radius 3 is 2.30 bits per heavy atom. The van der Waals surface area contributed by atoms with Crippen molar-refractivity contribution < 1.29 is 23.1 Å². The van der Waals surface area contributed by atoms with Crippen molar-refractivity contribution in [2.45, 2.75) is 45.8 Å². The molecule has 0 unspecified atom stereocenters. The number of carbonyl (C=O) groups excluding carboxylic acids is 1. The topological polar surface area (TPSA) is 105 Å². The van der Waals surface area contributed by atoms with Gasteiger partial charge in [-0.3, -0.25) is 4.79 Å². The summed E-state index contributed by atoms with van der Waals surface area (Å²) in [4.78, 5) is 12.7. The lowest BCUT2D eigenvalue weighted by atomic mass is 10.0. The van der Waals surface area contributed by atoms with Gasteiger partial charge >= 0.3 is 0 Å². The second kappa shape index (κ2) is 13.4. The molecule has 0 saturated carbocycles. The lowest BCUT2D eigenvalue weighted by Crippen LogP contribution is -2.32. The minimum absolute atomic E-state index is 0.118. The summed E-state index contributed by atoms with van der Waals surface area (Å²) >= 11 is 0. The number of sulfonamides is 1. The maximum Gasteiger partial charge on any atom is 0.268 e. The number of nitrogens with one attached hydrogen (secondary N) is 2. The summed E-state index contributed by atoms with van der Waals surface area (Å²) in [5.41, 5.74) is 4.04. The molecule has 3 N–H and O–H groups in total. The molecular formula is C29H36N2O5S. The molecule has 0 aliphatic heterocycles. The largest absolute Gasteiger partial charge is 0.490 e. The summed E-state index contributed by atoms with van der Waals surface area (Å²) in [5.74, 6) is -0.482. The van der Waals surface area contributed by atoms with Gasteiger partial charge in [-0.05, 0) is 67.6 Å². The third kappa shape index (κ3) is 8.70. The zero-order valence-corrected chi connectivity index (χ0v) is 22.4. The fraction of sp³-hybridized carbons (Fsp3) is 0.345. The highest BCUT2D eigenvalue weighted by atomic mass is 32.2. The van der Waals surface area contributed by atoms with Crippen molar-refractivity contribution >= 4 is 15.9 Å². The molecule has 3 aromatic carbocycles. The van der Waals surface area contributed by atoms with Crippen LogP contribution in [-0.4, -0.2) is 44.4 Å². The van der Waals surface area contributed by atoms with E-state index < -0.39 is 22.0 Å². The molecule has 0 aliphatic carbocycles. The van der Waals surface area contributed by atoms with Gasteiger partial charge in [0.25, 0.3) is 5.91 Å². The van der Waals surface area contributed by atoms with Gasteiger partial charge in [0.2, 0.25) is 10.0 Å². The lowest BCUT2D eigenvalue weighted by Gasteiger charge is -2.16. The predicted molar refractivity (Wildman–Crippen MR) is 147 cm³/mol. The molecule has 0 radical (unpaired) electrons. The number of amides is 1. The van der Waals surface area contributed by atoms with E-state index in [1.807, 2.05) is 68.4 Å². The fourth-order valence-corrected chi connectivity index (χ4v) is 4.92. The van der Waals surface area contributed by atoms with E-state index in [1.165, 1.54) is 0 Å². The monoisotopic (exact) mass is 524 g/mol. The normalized spacial score (nSPS) is 12.4. The van der Waals surface area contributed by atoms with E-state index in [1.54, 1.807) is 25.1 Å². The molecule has 0 spiro atoms. The van der Waals surface area contributed by atoms with E-state index in [9.17, 15) is 18.3 Å². The summed E-state index contributed by atoms with van der Waals surface area (Å²) in [5, 5.41) is 13.6. The van der Waals surface area contributed by atoms with Crippen molar-refractivity contribution in [1.29, 1.82) is 0 Å². The Kier molecular flexibility index (Phi) is 10.3. The first kappa shape index (κ1) is 28.4. The van der Waals surface area contributed by atoms with Gasteiger partial charge in [-0.2, -0.15) is 0 Å². The van der Waals surface area contributed by atoms with Crippen molar-refractivity contribution in [3.05, 3.63) is 89.5 Å². The maximum absolute atomic E-state index is 12.7. The highest BCUT2D eigenvalue weighted by molar-refractivity contribution is 7.90. The standard InChI is InChI=1S/C29H36N2O5S/c1-4-18-37(34,35)31-29(33)26-15-14-25(19-28(26)36-21(2)3)23-12-10-22(11-13-23)16-17-30-20-27(32)24-8-6-5-7-9-24/h5-15,19,21,27,30,32H,4,16-18,20H2,1-3H3,(H,31,33)/t27-/m0/s1. The van der Waals surface area contributed by atoms with E-state index in [0.29, 0.717) is 18.7 Å². The summed E-state index contributed by atoms with van der Waals surface area (Å²) in [6.07, 6.45) is 0.500. The first-order valence-corrected chi connectivity index (χ1v) is 14.2. The van der Waals surface area contributed by atoms with Crippen LogP contribution in [0, 0.1) is 0 Å². The fourth-order valence-electron chi connectivity index (χ4n) is 3.89. The second-order valence-corrected chi connectivity index (χ2v) is 11.0. The lowest BCUT2D eigenvalue weighted by molar-refractivity contribution is 0.0975. The van der Waals surface area contributed by atoms with E-state index in [-0.39, 0.29) is 17.4 Å². The number of aliphatic hydroxyl groups is 1. The average Bonchev–Trinajstić information content (AvgIpc) is 2.86. The van der Waals surface area contributed by atoms with E-state index in [4.69, 9.17) is 4.74 Å². The van der Waals surface area contributed by atoms with Crippen LogP contribution in [0.5, 0.6) is 5.75 Å². The summed E-state index contributed by atoms with van der Waals surface area (Å²) in [6, 6.07) is 22.8. The molecular weight excluding hydrogens is 488 g/mol. The molecule has 0 aromatic heterocycles. The Balaban J connectivity index is 1.64. The van der Waals surface area contributed by atoms with Crippen LogP contribution in [0.4, 0.5) is 0 Å². The smallest absolute Gasteiger partial charge is 0.268 e. The Labute approximate surface area is 219 Å². The summed E-state index contributed by atoms with van der Waals surface area (Å²) in [7, 11) is -3.69. The molecule has 0 bridgehead atoms. The van der Waals surface area contributed by atoms with Crippen LogP contribution < -0.4 is 14.8 Å². The number of aliphatic hydroxyl groups excluding tert-OH is 1. The SMILES string of the molecule is CCCS(=O)(=O)NC(=O)c1ccc(-c2ccc(CCNC[C@H](O)c3ccccc3)cc2)cc1OC(C)C. The molecule has 0 saturated heterocycles. The number of hydrogen-bond donors (Lipinski definition) is 3. The minimum Gasteiger partial charge on any atom is -0.490 e. The van der Waals surface area contributed by atoms with Crippen LogP contribution in [0.2, 0.25) is 0 Å². The Morgan fingerprint density at radius 2 is 1.65 bits per heavy atom. The minimum atomic E-state index is -3.69. The van der Waals surface area contributed by atoms with Gasteiger partial charge in [0, 0.05) is 6.54 Å². The number of carbonyl (C=O) groups is 1. The van der Waals surface area contributed by atoms with Crippen LogP contribution in [0.1, 0.15) is 54.8 Å². The maximum atomic E-state index is 12.7. The van der Waals surface area contributed by atoms with Crippen LogP contribution in [0.3, 0.4) is 0 Å². The zero-order chi connectivity index (χ0) is 26.8. The number of rotatable bonds is 13. The predicted octanol–water partition coefficient (Wildman–Crippen LogP) is 4.48. The average molecular weight is 525 g/mol. The zero-order valence-electron chi connectivity index (χ0n) is 21.6. The molecule has 0 aliphatic rings. The Bertz CT molecular complexity index is 1260.